The highest BCUT2D eigenvalue weighted by molar-refractivity contribution is 7.87. The highest BCUT2D eigenvalue weighted by Crippen LogP contribution is 2.17. The average Bonchev–Trinajstić information content (AvgIpc) is 2.35. The third-order valence-corrected chi connectivity index (χ3v) is 4.89. The molecule has 0 aromatic carbocycles. The van der Waals surface area contributed by atoms with Gasteiger partial charge in [0.2, 0.25) is 0 Å². The Kier molecular flexibility index (Phi) is 5.84. The van der Waals surface area contributed by atoms with E-state index in [1.54, 1.807) is 0 Å². The molecule has 1 aliphatic rings. The van der Waals surface area contributed by atoms with Crippen molar-refractivity contribution >= 4 is 27.8 Å². The Hall–Kier alpha value is -0.370. The Morgan fingerprint density at radius 3 is 2.56 bits per heavy atom. The summed E-state index contributed by atoms with van der Waals surface area (Å²) in [7, 11) is -2.35. The summed E-state index contributed by atoms with van der Waals surface area (Å²) in [5.41, 5.74) is 0. The molecule has 1 atom stereocenters. The first kappa shape index (κ1) is 15.7. The number of methoxy groups -OCH3 is 1. The fraction of sp³-hybridized carbons (Fsp3) is 0.900. The Morgan fingerprint density at radius 2 is 2.06 bits per heavy atom. The smallest absolute Gasteiger partial charge is 0.325 e. The first-order valence-corrected chi connectivity index (χ1v) is 7.71. The zero-order valence-electron chi connectivity index (χ0n) is 10.6. The van der Waals surface area contributed by atoms with Gasteiger partial charge in [-0.05, 0) is 18.8 Å². The molecule has 1 saturated heterocycles. The van der Waals surface area contributed by atoms with Crippen LogP contribution in [0.25, 0.3) is 0 Å². The van der Waals surface area contributed by atoms with Crippen molar-refractivity contribution in [1.29, 1.82) is 0 Å². The molecule has 0 aromatic heterocycles. The molecule has 0 aliphatic carbocycles. The molecule has 106 valence electrons. The molecular weight excluding hydrogens is 280 g/mol. The van der Waals surface area contributed by atoms with Gasteiger partial charge >= 0.3 is 5.97 Å². The molecule has 1 fully saturated rings. The molecule has 0 spiro atoms. The predicted molar refractivity (Wildman–Crippen MR) is 68.6 cm³/mol. The van der Waals surface area contributed by atoms with E-state index < -0.39 is 21.6 Å². The molecule has 6 nitrogen and oxygen atoms in total. The van der Waals surface area contributed by atoms with E-state index >= 15 is 0 Å². The van der Waals surface area contributed by atoms with Crippen LogP contribution < -0.4 is 4.72 Å². The van der Waals surface area contributed by atoms with Crippen LogP contribution in [0.4, 0.5) is 0 Å². The molecule has 18 heavy (non-hydrogen) atoms. The van der Waals surface area contributed by atoms with Gasteiger partial charge in [0.05, 0.1) is 7.11 Å². The number of carbonyl (C=O) groups is 1. The minimum absolute atomic E-state index is 0.164. The van der Waals surface area contributed by atoms with Gasteiger partial charge in [-0.3, -0.25) is 4.79 Å². The van der Waals surface area contributed by atoms with Crippen LogP contribution in [-0.4, -0.2) is 50.8 Å². The van der Waals surface area contributed by atoms with Gasteiger partial charge in [-0.1, -0.05) is 6.92 Å². The van der Waals surface area contributed by atoms with Crippen molar-refractivity contribution < 1.29 is 17.9 Å². The third kappa shape index (κ3) is 4.38. The lowest BCUT2D eigenvalue weighted by molar-refractivity contribution is -0.140. The summed E-state index contributed by atoms with van der Waals surface area (Å²) in [5.74, 6) is -0.0982. The number of carbonyl (C=O) groups excluding carboxylic acids is 1. The van der Waals surface area contributed by atoms with Gasteiger partial charge in [0.25, 0.3) is 10.2 Å². The summed E-state index contributed by atoms with van der Waals surface area (Å²) >= 11 is 5.68. The number of ether oxygens (including phenoxy) is 1. The maximum atomic E-state index is 11.9. The number of hydrogen-bond donors (Lipinski definition) is 1. The molecule has 1 aliphatic heterocycles. The number of esters is 1. The quantitative estimate of drug-likeness (QED) is 0.586. The topological polar surface area (TPSA) is 75.7 Å². The average molecular weight is 299 g/mol. The molecule has 0 bridgehead atoms. The minimum atomic E-state index is -3.55. The molecule has 0 aromatic rings. The lowest BCUT2D eigenvalue weighted by Crippen LogP contribution is -2.46. The molecular formula is C10H19ClN2O4S. The van der Waals surface area contributed by atoms with E-state index in [4.69, 9.17) is 11.6 Å². The maximum absolute atomic E-state index is 11.9. The van der Waals surface area contributed by atoms with Crippen LogP contribution in [0.5, 0.6) is 0 Å². The highest BCUT2D eigenvalue weighted by Gasteiger charge is 2.27. The van der Waals surface area contributed by atoms with E-state index in [2.05, 4.69) is 16.4 Å². The van der Waals surface area contributed by atoms with Crippen LogP contribution in [-0.2, 0) is 19.7 Å². The molecule has 1 heterocycles. The number of halogens is 1. The molecule has 8 heteroatoms. The van der Waals surface area contributed by atoms with Gasteiger partial charge < -0.3 is 4.74 Å². The summed E-state index contributed by atoms with van der Waals surface area (Å²) in [5, 5.41) is -1.01. The number of piperidine rings is 1. The molecule has 1 unspecified atom stereocenters. The van der Waals surface area contributed by atoms with Crippen molar-refractivity contribution in [2.75, 3.05) is 26.7 Å². The van der Waals surface area contributed by atoms with Gasteiger partial charge in [0.15, 0.2) is 0 Å². The van der Waals surface area contributed by atoms with Crippen LogP contribution in [0.1, 0.15) is 19.8 Å². The van der Waals surface area contributed by atoms with Gasteiger partial charge in [-0.2, -0.15) is 12.7 Å². The second-order valence-electron chi connectivity index (χ2n) is 4.43. The van der Waals surface area contributed by atoms with Crippen molar-refractivity contribution in [1.82, 2.24) is 9.03 Å². The van der Waals surface area contributed by atoms with E-state index in [0.29, 0.717) is 19.0 Å². The fourth-order valence-electron chi connectivity index (χ4n) is 1.71. The Morgan fingerprint density at radius 1 is 1.50 bits per heavy atom. The normalized spacial score (nSPS) is 20.6. The molecule has 0 saturated carbocycles. The second-order valence-corrected chi connectivity index (χ2v) is 6.71. The van der Waals surface area contributed by atoms with E-state index in [0.717, 1.165) is 12.8 Å². The van der Waals surface area contributed by atoms with Crippen LogP contribution >= 0.6 is 11.6 Å². The molecule has 1 rings (SSSR count). The van der Waals surface area contributed by atoms with Crippen LogP contribution in [0, 0.1) is 5.92 Å². The second kappa shape index (κ2) is 6.70. The minimum Gasteiger partial charge on any atom is -0.468 e. The van der Waals surface area contributed by atoms with Crippen molar-refractivity contribution in [3.63, 3.8) is 0 Å². The van der Waals surface area contributed by atoms with E-state index in [1.165, 1.54) is 11.4 Å². The third-order valence-electron chi connectivity index (χ3n) is 2.98. The summed E-state index contributed by atoms with van der Waals surface area (Å²) in [6, 6.07) is 0. The van der Waals surface area contributed by atoms with E-state index in [-0.39, 0.29) is 6.54 Å². The monoisotopic (exact) mass is 298 g/mol. The number of hydrogen-bond acceptors (Lipinski definition) is 4. The summed E-state index contributed by atoms with van der Waals surface area (Å²) in [4.78, 5) is 11.0. The van der Waals surface area contributed by atoms with Crippen LogP contribution in [0.15, 0.2) is 0 Å². The zero-order valence-corrected chi connectivity index (χ0v) is 12.1. The summed E-state index contributed by atoms with van der Waals surface area (Å²) in [6.45, 7) is 2.94. The van der Waals surface area contributed by atoms with Gasteiger partial charge in [0, 0.05) is 19.6 Å². The summed E-state index contributed by atoms with van der Waals surface area (Å²) < 4.78 is 31.9. The Labute approximate surface area is 113 Å². The Balaban J connectivity index is 2.47. The standard InChI is InChI=1S/C10H19ClN2O4S/c1-8-3-5-13(6-4-8)18(15,16)12-7-9(11)10(14)17-2/h8-9,12H,3-7H2,1-2H3. The van der Waals surface area contributed by atoms with Crippen molar-refractivity contribution in [3.05, 3.63) is 0 Å². The van der Waals surface area contributed by atoms with E-state index in [1.807, 2.05) is 0 Å². The van der Waals surface area contributed by atoms with Crippen molar-refractivity contribution in [2.24, 2.45) is 5.92 Å². The van der Waals surface area contributed by atoms with Crippen LogP contribution in [0.2, 0.25) is 0 Å². The van der Waals surface area contributed by atoms with Crippen molar-refractivity contribution in [2.45, 2.75) is 25.1 Å². The van der Waals surface area contributed by atoms with Gasteiger partial charge in [-0.25, -0.2) is 4.72 Å². The zero-order chi connectivity index (χ0) is 13.8. The number of nitrogens with zero attached hydrogens (tertiary/aromatic N) is 1. The first-order chi connectivity index (χ1) is 8.36. The SMILES string of the molecule is COC(=O)C(Cl)CNS(=O)(=O)N1CCC(C)CC1. The molecule has 0 amide bonds. The van der Waals surface area contributed by atoms with Crippen LogP contribution in [0.3, 0.4) is 0 Å². The number of alkyl halides is 1. The van der Waals surface area contributed by atoms with Crippen molar-refractivity contribution in [3.8, 4) is 0 Å². The lowest BCUT2D eigenvalue weighted by Gasteiger charge is -2.29. The largest absolute Gasteiger partial charge is 0.468 e. The first-order valence-electron chi connectivity index (χ1n) is 5.83. The van der Waals surface area contributed by atoms with Gasteiger partial charge in [-0.15, -0.1) is 11.6 Å². The molecule has 0 radical (unpaired) electrons. The highest BCUT2D eigenvalue weighted by atomic mass is 35.5. The maximum Gasteiger partial charge on any atom is 0.325 e. The Bertz CT molecular complexity index is 379. The van der Waals surface area contributed by atoms with Gasteiger partial charge in [0.1, 0.15) is 5.38 Å². The lowest BCUT2D eigenvalue weighted by atomic mass is 10.0. The van der Waals surface area contributed by atoms with E-state index in [9.17, 15) is 13.2 Å². The summed E-state index contributed by atoms with van der Waals surface area (Å²) in [6.07, 6.45) is 1.70. The number of nitrogens with one attached hydrogen (secondary N) is 1. The fourth-order valence-corrected chi connectivity index (χ4v) is 3.22. The molecule has 1 N–H and O–H groups in total. The predicted octanol–water partition coefficient (Wildman–Crippen LogP) is 0.333. The number of rotatable bonds is 5.